The highest BCUT2D eigenvalue weighted by Gasteiger charge is 2.19. The van der Waals surface area contributed by atoms with Gasteiger partial charge in [0.15, 0.2) is 0 Å². The number of halogens is 3. The van der Waals surface area contributed by atoms with Crippen molar-refractivity contribution in [1.82, 2.24) is 15.1 Å². The molecule has 0 bridgehead atoms. The number of nitrogens with zero attached hydrogens (tertiary/aromatic N) is 3. The Balaban J connectivity index is 1.77. The monoisotopic (exact) mass is 449 g/mol. The van der Waals surface area contributed by atoms with E-state index in [1.54, 1.807) is 41.3 Å². The first kappa shape index (κ1) is 21.4. The second-order valence-corrected chi connectivity index (χ2v) is 7.71. The molecule has 0 unspecified atom stereocenters. The fraction of sp³-hybridized carbons (Fsp3) is 0.190. The van der Waals surface area contributed by atoms with Gasteiger partial charge < -0.3 is 9.32 Å². The number of carbonyl (C=O) groups is 1. The maximum atomic E-state index is 12.7. The van der Waals surface area contributed by atoms with Gasteiger partial charge in [0.25, 0.3) is 0 Å². The first-order valence-corrected chi connectivity index (χ1v) is 10.00. The molecule has 1 heterocycles. The zero-order valence-electron chi connectivity index (χ0n) is 15.8. The molecule has 8 heteroatoms. The molecule has 3 aromatic rings. The van der Waals surface area contributed by atoms with E-state index in [0.29, 0.717) is 38.0 Å². The molecule has 2 aromatic carbocycles. The molecule has 1 aromatic heterocycles. The molecule has 0 saturated heterocycles. The summed E-state index contributed by atoms with van der Waals surface area (Å²) in [6.45, 7) is 3.98. The highest BCUT2D eigenvalue weighted by atomic mass is 35.5. The van der Waals surface area contributed by atoms with Crippen LogP contribution in [0.4, 0.5) is 0 Å². The maximum absolute atomic E-state index is 12.7. The lowest BCUT2D eigenvalue weighted by Gasteiger charge is -2.23. The van der Waals surface area contributed by atoms with Crippen molar-refractivity contribution < 1.29 is 9.21 Å². The van der Waals surface area contributed by atoms with Crippen LogP contribution in [0, 0.1) is 0 Å². The van der Waals surface area contributed by atoms with Crippen LogP contribution >= 0.6 is 34.8 Å². The number of carbonyl (C=O) groups excluding carboxylic acids is 1. The van der Waals surface area contributed by atoms with E-state index < -0.39 is 0 Å². The molecule has 29 heavy (non-hydrogen) atoms. The number of rotatable bonds is 6. The fourth-order valence-corrected chi connectivity index (χ4v) is 3.22. The maximum Gasteiger partial charge on any atom is 0.249 e. The Morgan fingerprint density at radius 2 is 1.79 bits per heavy atom. The predicted octanol–water partition coefficient (Wildman–Crippen LogP) is 6.15. The van der Waals surface area contributed by atoms with Gasteiger partial charge in [0, 0.05) is 12.1 Å². The summed E-state index contributed by atoms with van der Waals surface area (Å²) in [6, 6.07) is 12.4. The van der Waals surface area contributed by atoms with Crippen molar-refractivity contribution >= 4 is 46.8 Å². The highest BCUT2D eigenvalue weighted by molar-refractivity contribution is 6.42. The van der Waals surface area contributed by atoms with Crippen molar-refractivity contribution in [2.24, 2.45) is 0 Å². The van der Waals surface area contributed by atoms with E-state index in [9.17, 15) is 4.79 Å². The molecular formula is C21H18Cl3N3O2. The summed E-state index contributed by atoms with van der Waals surface area (Å²) < 4.78 is 5.72. The fourth-order valence-electron chi connectivity index (χ4n) is 2.63. The van der Waals surface area contributed by atoms with Gasteiger partial charge in [-0.3, -0.25) is 4.79 Å². The number of amides is 1. The standard InChI is InChI=1S/C21H18Cl3N3O2/c1-13(2)27(19(28)11-10-14-6-5-9-17(23)20(14)24)12-18-25-26-21(29-18)15-7-3-4-8-16(15)22/h3-11,13H,12H2,1-2H3/b11-10+. The lowest BCUT2D eigenvalue weighted by atomic mass is 10.2. The molecule has 0 spiro atoms. The first-order chi connectivity index (χ1) is 13.9. The summed E-state index contributed by atoms with van der Waals surface area (Å²) in [5.74, 6) is 0.410. The summed E-state index contributed by atoms with van der Waals surface area (Å²) in [5.41, 5.74) is 1.31. The Bertz CT molecular complexity index is 1050. The van der Waals surface area contributed by atoms with E-state index in [-0.39, 0.29) is 18.5 Å². The molecule has 0 aliphatic heterocycles. The van der Waals surface area contributed by atoms with Gasteiger partial charge in [-0.25, -0.2) is 0 Å². The van der Waals surface area contributed by atoms with Gasteiger partial charge in [0.1, 0.15) is 0 Å². The van der Waals surface area contributed by atoms with Crippen molar-refractivity contribution in [2.45, 2.75) is 26.4 Å². The highest BCUT2D eigenvalue weighted by Crippen LogP contribution is 2.27. The summed E-state index contributed by atoms with van der Waals surface area (Å²) in [4.78, 5) is 14.4. The molecule has 3 rings (SSSR count). The van der Waals surface area contributed by atoms with Crippen LogP contribution in [-0.2, 0) is 11.3 Å². The summed E-state index contributed by atoms with van der Waals surface area (Å²) in [6.07, 6.45) is 3.08. The quantitative estimate of drug-likeness (QED) is 0.423. The van der Waals surface area contributed by atoms with Gasteiger partial charge in [-0.1, -0.05) is 59.1 Å². The minimum absolute atomic E-state index is 0.0855. The van der Waals surface area contributed by atoms with Crippen LogP contribution in [0.2, 0.25) is 15.1 Å². The molecule has 0 fully saturated rings. The van der Waals surface area contributed by atoms with E-state index in [1.807, 2.05) is 26.0 Å². The van der Waals surface area contributed by atoms with Gasteiger partial charge in [-0.05, 0) is 43.7 Å². The van der Waals surface area contributed by atoms with Gasteiger partial charge in [0.05, 0.1) is 27.2 Å². The van der Waals surface area contributed by atoms with Gasteiger partial charge >= 0.3 is 0 Å². The van der Waals surface area contributed by atoms with E-state index in [1.165, 1.54) is 6.08 Å². The molecule has 0 N–H and O–H groups in total. The molecule has 0 aliphatic rings. The average Bonchev–Trinajstić information content (AvgIpc) is 3.15. The topological polar surface area (TPSA) is 59.2 Å². The van der Waals surface area contributed by atoms with E-state index >= 15 is 0 Å². The molecule has 150 valence electrons. The zero-order chi connectivity index (χ0) is 21.0. The Morgan fingerprint density at radius 3 is 2.52 bits per heavy atom. The van der Waals surface area contributed by atoms with Crippen molar-refractivity contribution in [3.8, 4) is 11.5 Å². The number of hydrogen-bond donors (Lipinski definition) is 0. The second-order valence-electron chi connectivity index (χ2n) is 6.52. The number of aromatic nitrogens is 2. The molecule has 0 atom stereocenters. The Morgan fingerprint density at radius 1 is 1.07 bits per heavy atom. The largest absolute Gasteiger partial charge is 0.419 e. The van der Waals surface area contributed by atoms with Gasteiger partial charge in [-0.15, -0.1) is 10.2 Å². The zero-order valence-corrected chi connectivity index (χ0v) is 18.0. The predicted molar refractivity (Wildman–Crippen MR) is 116 cm³/mol. The lowest BCUT2D eigenvalue weighted by Crippen LogP contribution is -2.35. The van der Waals surface area contributed by atoms with Crippen LogP contribution in [0.3, 0.4) is 0 Å². The third kappa shape index (κ3) is 5.18. The summed E-state index contributed by atoms with van der Waals surface area (Å²) in [7, 11) is 0. The molecule has 0 aliphatic carbocycles. The smallest absolute Gasteiger partial charge is 0.249 e. The van der Waals surface area contributed by atoms with Crippen LogP contribution in [0.1, 0.15) is 25.3 Å². The van der Waals surface area contributed by atoms with Crippen LogP contribution < -0.4 is 0 Å². The normalized spacial score (nSPS) is 11.4. The Labute approximate surface area is 183 Å². The van der Waals surface area contributed by atoms with E-state index in [4.69, 9.17) is 39.2 Å². The van der Waals surface area contributed by atoms with Crippen molar-refractivity contribution in [1.29, 1.82) is 0 Å². The lowest BCUT2D eigenvalue weighted by molar-refractivity contribution is -0.128. The van der Waals surface area contributed by atoms with Crippen LogP contribution in [0.15, 0.2) is 53.0 Å². The first-order valence-electron chi connectivity index (χ1n) is 8.86. The molecule has 1 amide bonds. The number of hydrogen-bond acceptors (Lipinski definition) is 4. The molecule has 0 radical (unpaired) electrons. The van der Waals surface area contributed by atoms with Crippen LogP contribution in [-0.4, -0.2) is 27.0 Å². The second kappa shape index (κ2) is 9.44. The van der Waals surface area contributed by atoms with Crippen LogP contribution in [0.5, 0.6) is 0 Å². The Kier molecular flexibility index (Phi) is 6.96. The molecule has 0 saturated carbocycles. The molecule has 5 nitrogen and oxygen atoms in total. The van der Waals surface area contributed by atoms with Crippen molar-refractivity contribution in [3.63, 3.8) is 0 Å². The van der Waals surface area contributed by atoms with Gasteiger partial charge in [0.2, 0.25) is 17.7 Å². The van der Waals surface area contributed by atoms with Gasteiger partial charge in [-0.2, -0.15) is 0 Å². The van der Waals surface area contributed by atoms with E-state index in [0.717, 1.165) is 0 Å². The van der Waals surface area contributed by atoms with E-state index in [2.05, 4.69) is 10.2 Å². The van der Waals surface area contributed by atoms with Crippen molar-refractivity contribution in [3.05, 3.63) is 75.1 Å². The summed E-state index contributed by atoms with van der Waals surface area (Å²) >= 11 is 18.4. The third-order valence-electron chi connectivity index (χ3n) is 4.17. The minimum Gasteiger partial charge on any atom is -0.419 e. The SMILES string of the molecule is CC(C)N(Cc1nnc(-c2ccccc2Cl)o1)C(=O)/C=C/c1cccc(Cl)c1Cl. The van der Waals surface area contributed by atoms with Crippen LogP contribution in [0.25, 0.3) is 17.5 Å². The van der Waals surface area contributed by atoms with Crippen molar-refractivity contribution in [2.75, 3.05) is 0 Å². The summed E-state index contributed by atoms with van der Waals surface area (Å²) in [5, 5.41) is 9.44. The number of benzene rings is 2. The average molecular weight is 451 g/mol. The minimum atomic E-state index is -0.214. The Hall–Kier alpha value is -2.34. The third-order valence-corrected chi connectivity index (χ3v) is 5.33. The molecular weight excluding hydrogens is 433 g/mol.